The topological polar surface area (TPSA) is 0 Å². The van der Waals surface area contributed by atoms with E-state index in [1.807, 2.05) is 0 Å². The summed E-state index contributed by atoms with van der Waals surface area (Å²) in [6.45, 7) is 4.91. The lowest BCUT2D eigenvalue weighted by Gasteiger charge is -2.31. The van der Waals surface area contributed by atoms with Crippen molar-refractivity contribution in [3.8, 4) is 55.6 Å². The normalized spacial score (nSPS) is 14.5. The maximum absolute atomic E-state index is 2.55. The van der Waals surface area contributed by atoms with Gasteiger partial charge in [-0.3, -0.25) is 0 Å². The van der Waals surface area contributed by atoms with Crippen molar-refractivity contribution in [2.75, 3.05) is 0 Å². The Morgan fingerprint density at radius 2 is 0.629 bits per heavy atom. The Morgan fingerprint density at radius 3 is 1.16 bits per heavy atom. The van der Waals surface area contributed by atoms with E-state index in [4.69, 9.17) is 0 Å². The van der Waals surface area contributed by atoms with Crippen LogP contribution < -0.4 is 0 Å². The Bertz CT molecular complexity index is 3660. The molecule has 0 unspecified atom stereocenters. The van der Waals surface area contributed by atoms with E-state index in [9.17, 15) is 0 Å². The first-order chi connectivity index (χ1) is 30.6. The van der Waals surface area contributed by atoms with E-state index < -0.39 is 5.41 Å². The molecule has 288 valence electrons. The van der Waals surface area contributed by atoms with Crippen molar-refractivity contribution in [3.63, 3.8) is 0 Å². The van der Waals surface area contributed by atoms with Gasteiger partial charge in [0.2, 0.25) is 0 Å². The highest BCUT2D eigenvalue weighted by molar-refractivity contribution is 6.24. The molecule has 0 amide bonds. The molecule has 0 radical (unpaired) electrons. The third-order valence-corrected chi connectivity index (χ3v) is 15.0. The van der Waals surface area contributed by atoms with E-state index in [-0.39, 0.29) is 5.41 Å². The van der Waals surface area contributed by atoms with Crippen molar-refractivity contribution in [3.05, 3.63) is 240 Å². The standard InChI is InChI=1S/C62H40/c1-61(2)59-50(29-17-30-51(59)58-44-23-5-3-18-38(44)39-19-4-10-28-49(39)60(58)61)57-47-26-8-6-24-45(47)56(46-25-7-9-27-48(46)57)37-34-35-43-42-22-13-16-33-54(42)62(55(43)36-37)52-31-14-11-20-40(52)41-21-12-15-32-53(41)62/h3-36H,1-2H3. The molecule has 0 saturated carbocycles. The van der Waals surface area contributed by atoms with Gasteiger partial charge >= 0.3 is 0 Å². The molecular formula is C62H40. The number of fused-ring (bicyclic) bond motifs is 20. The van der Waals surface area contributed by atoms with Crippen molar-refractivity contribution in [2.24, 2.45) is 0 Å². The van der Waals surface area contributed by atoms with Gasteiger partial charge in [0.05, 0.1) is 5.41 Å². The number of hydrogen-bond donors (Lipinski definition) is 0. The van der Waals surface area contributed by atoms with Crippen LogP contribution in [0.4, 0.5) is 0 Å². The lowest BCUT2D eigenvalue weighted by Crippen LogP contribution is -2.25. The minimum Gasteiger partial charge on any atom is -0.0619 e. The monoisotopic (exact) mass is 784 g/mol. The third-order valence-electron chi connectivity index (χ3n) is 15.0. The smallest absolute Gasteiger partial charge is 0.0619 e. The lowest BCUT2D eigenvalue weighted by atomic mass is 9.70. The SMILES string of the molecule is CC1(C)c2c(-c3c4ccccc4c(-c4ccc5c(c4)C4(c6ccccc6-c6ccccc64)c4ccccc4-5)c4ccccc34)cccc2-c2c1c1ccccc1c1ccccc21. The van der Waals surface area contributed by atoms with Crippen molar-refractivity contribution in [1.82, 2.24) is 0 Å². The predicted octanol–water partition coefficient (Wildman–Crippen LogP) is 16.3. The van der Waals surface area contributed by atoms with Gasteiger partial charge in [-0.2, -0.15) is 0 Å². The summed E-state index contributed by atoms with van der Waals surface area (Å²) in [4.78, 5) is 0. The molecule has 0 N–H and O–H groups in total. The molecule has 3 aliphatic rings. The van der Waals surface area contributed by atoms with Crippen LogP contribution in [-0.4, -0.2) is 0 Å². The molecule has 11 aromatic carbocycles. The lowest BCUT2D eigenvalue weighted by molar-refractivity contribution is 0.668. The highest BCUT2D eigenvalue weighted by atomic mass is 14.5. The molecule has 0 heterocycles. The van der Waals surface area contributed by atoms with Crippen LogP contribution in [0.25, 0.3) is 98.7 Å². The molecule has 1 spiro atoms. The Balaban J connectivity index is 1.06. The fourth-order valence-electron chi connectivity index (χ4n) is 12.8. The predicted molar refractivity (Wildman–Crippen MR) is 261 cm³/mol. The second-order valence-corrected chi connectivity index (χ2v) is 18.2. The van der Waals surface area contributed by atoms with Crippen LogP contribution in [0.1, 0.15) is 47.2 Å². The minimum atomic E-state index is -0.403. The Hall–Kier alpha value is -7.54. The fraction of sp³-hybridized carbons (Fsp3) is 0.0645. The summed E-state index contributed by atoms with van der Waals surface area (Å²) in [6, 6.07) is 78.2. The molecule has 14 rings (SSSR count). The van der Waals surface area contributed by atoms with Crippen LogP contribution >= 0.6 is 0 Å². The largest absolute Gasteiger partial charge is 0.0725 e. The van der Waals surface area contributed by atoms with Gasteiger partial charge in [0.15, 0.2) is 0 Å². The van der Waals surface area contributed by atoms with Gasteiger partial charge in [0.1, 0.15) is 0 Å². The maximum Gasteiger partial charge on any atom is 0.0725 e. The number of hydrogen-bond acceptors (Lipinski definition) is 0. The minimum absolute atomic E-state index is 0.247. The van der Waals surface area contributed by atoms with Crippen molar-refractivity contribution in [1.29, 1.82) is 0 Å². The van der Waals surface area contributed by atoms with Gasteiger partial charge in [-0.25, -0.2) is 0 Å². The highest BCUT2D eigenvalue weighted by Crippen LogP contribution is 2.64. The molecule has 0 aromatic heterocycles. The highest BCUT2D eigenvalue weighted by Gasteiger charge is 2.51. The Labute approximate surface area is 361 Å². The quantitative estimate of drug-likeness (QED) is 0.121. The summed E-state index contributed by atoms with van der Waals surface area (Å²) in [5.41, 5.74) is 20.9. The van der Waals surface area contributed by atoms with Crippen LogP contribution in [0.5, 0.6) is 0 Å². The Kier molecular flexibility index (Phi) is 6.65. The molecule has 3 aliphatic carbocycles. The van der Waals surface area contributed by atoms with Gasteiger partial charge in [0, 0.05) is 5.41 Å². The number of benzene rings is 11. The molecule has 0 bridgehead atoms. The van der Waals surface area contributed by atoms with Gasteiger partial charge in [-0.15, -0.1) is 0 Å². The number of rotatable bonds is 2. The second-order valence-electron chi connectivity index (χ2n) is 18.2. The summed E-state index contributed by atoms with van der Waals surface area (Å²) in [7, 11) is 0. The van der Waals surface area contributed by atoms with E-state index in [0.29, 0.717) is 0 Å². The van der Waals surface area contributed by atoms with E-state index in [1.54, 1.807) is 0 Å². The second kappa shape index (κ2) is 12.1. The average molecular weight is 785 g/mol. The molecule has 62 heavy (non-hydrogen) atoms. The molecule has 0 atom stereocenters. The fourth-order valence-corrected chi connectivity index (χ4v) is 12.8. The van der Waals surface area contributed by atoms with E-state index >= 15 is 0 Å². The molecule has 0 heteroatoms. The molecule has 0 aliphatic heterocycles. The van der Waals surface area contributed by atoms with Crippen LogP contribution in [0.15, 0.2) is 206 Å². The van der Waals surface area contributed by atoms with Crippen molar-refractivity contribution < 1.29 is 0 Å². The summed E-state index contributed by atoms with van der Waals surface area (Å²) in [5, 5.41) is 10.5. The maximum atomic E-state index is 2.55. The molecule has 0 fully saturated rings. The summed E-state index contributed by atoms with van der Waals surface area (Å²) in [6.07, 6.45) is 0. The van der Waals surface area contributed by atoms with E-state index in [0.717, 1.165) is 0 Å². The summed E-state index contributed by atoms with van der Waals surface area (Å²) >= 11 is 0. The summed E-state index contributed by atoms with van der Waals surface area (Å²) in [5.74, 6) is 0. The molecule has 11 aromatic rings. The van der Waals surface area contributed by atoms with Gasteiger partial charge < -0.3 is 0 Å². The first kappa shape index (κ1) is 34.2. The zero-order chi connectivity index (χ0) is 40.9. The molecular weight excluding hydrogens is 745 g/mol. The van der Waals surface area contributed by atoms with Crippen LogP contribution in [0.3, 0.4) is 0 Å². The van der Waals surface area contributed by atoms with E-state index in [2.05, 4.69) is 220 Å². The Morgan fingerprint density at radius 1 is 0.258 bits per heavy atom. The molecule has 0 nitrogen and oxygen atoms in total. The van der Waals surface area contributed by atoms with Crippen molar-refractivity contribution >= 4 is 43.1 Å². The first-order valence-corrected chi connectivity index (χ1v) is 22.0. The van der Waals surface area contributed by atoms with E-state index in [1.165, 1.54) is 132 Å². The molecule has 0 saturated heterocycles. The van der Waals surface area contributed by atoms with Crippen LogP contribution in [0, 0.1) is 0 Å². The summed E-state index contributed by atoms with van der Waals surface area (Å²) < 4.78 is 0. The van der Waals surface area contributed by atoms with Gasteiger partial charge in [0.25, 0.3) is 0 Å². The zero-order valence-electron chi connectivity index (χ0n) is 34.6. The van der Waals surface area contributed by atoms with Crippen LogP contribution in [0.2, 0.25) is 0 Å². The average Bonchev–Trinajstić information content (AvgIpc) is 3.89. The first-order valence-electron chi connectivity index (χ1n) is 22.0. The van der Waals surface area contributed by atoms with Gasteiger partial charge in [-0.1, -0.05) is 214 Å². The van der Waals surface area contributed by atoms with Crippen molar-refractivity contribution in [2.45, 2.75) is 24.7 Å². The van der Waals surface area contributed by atoms with Gasteiger partial charge in [-0.05, 0) is 138 Å². The third kappa shape index (κ3) is 4.08. The zero-order valence-corrected chi connectivity index (χ0v) is 34.6. The van der Waals surface area contributed by atoms with Crippen LogP contribution in [-0.2, 0) is 10.8 Å².